The van der Waals surface area contributed by atoms with Crippen molar-refractivity contribution in [2.45, 2.75) is 32.4 Å². The third-order valence-electron chi connectivity index (χ3n) is 4.13. The maximum atomic E-state index is 12.9. The van der Waals surface area contributed by atoms with Crippen LogP contribution in [-0.4, -0.2) is 34.8 Å². The zero-order valence-electron chi connectivity index (χ0n) is 12.7. The van der Waals surface area contributed by atoms with Crippen LogP contribution in [0.1, 0.15) is 24.5 Å². The predicted molar refractivity (Wildman–Crippen MR) is 86.5 cm³/mol. The third kappa shape index (κ3) is 2.62. The number of aliphatic hydroxyl groups excluding tert-OH is 1. The SMILES string of the molecule is CC/C=C1/C(=O)N2Cc3ccccc3C[C@H]2C=N/C1=C/CO. The molecule has 0 fully saturated rings. The van der Waals surface area contributed by atoms with Gasteiger partial charge in [0.1, 0.15) is 0 Å². The first-order valence-corrected chi connectivity index (χ1v) is 7.68. The number of aliphatic imine (C=N–C) groups is 1. The Morgan fingerprint density at radius 1 is 1.32 bits per heavy atom. The fourth-order valence-electron chi connectivity index (χ4n) is 3.05. The molecule has 1 amide bonds. The van der Waals surface area contributed by atoms with Crippen LogP contribution in [0, 0.1) is 0 Å². The molecule has 0 spiro atoms. The van der Waals surface area contributed by atoms with E-state index in [1.807, 2.05) is 36.2 Å². The number of fused-ring (bicyclic) bond motifs is 2. The summed E-state index contributed by atoms with van der Waals surface area (Å²) in [5.41, 5.74) is 3.65. The first-order valence-electron chi connectivity index (χ1n) is 7.68. The van der Waals surface area contributed by atoms with E-state index >= 15 is 0 Å². The van der Waals surface area contributed by atoms with Crippen molar-refractivity contribution >= 4 is 12.1 Å². The summed E-state index contributed by atoms with van der Waals surface area (Å²) in [6.07, 6.45) is 6.88. The van der Waals surface area contributed by atoms with Crippen LogP contribution in [0.5, 0.6) is 0 Å². The Balaban J connectivity index is 2.02. The molecular formula is C18H20N2O2. The smallest absolute Gasteiger partial charge is 0.256 e. The number of hydrogen-bond donors (Lipinski definition) is 1. The number of amides is 1. The highest BCUT2D eigenvalue weighted by Gasteiger charge is 2.33. The molecule has 22 heavy (non-hydrogen) atoms. The van der Waals surface area contributed by atoms with E-state index in [1.165, 1.54) is 11.1 Å². The second-order valence-electron chi connectivity index (χ2n) is 5.55. The lowest BCUT2D eigenvalue weighted by molar-refractivity contribution is -0.128. The molecule has 1 N–H and O–H groups in total. The monoisotopic (exact) mass is 296 g/mol. The van der Waals surface area contributed by atoms with Crippen molar-refractivity contribution in [3.8, 4) is 0 Å². The van der Waals surface area contributed by atoms with Gasteiger partial charge >= 0.3 is 0 Å². The van der Waals surface area contributed by atoms with E-state index in [-0.39, 0.29) is 18.6 Å². The Hall–Kier alpha value is -2.20. The van der Waals surface area contributed by atoms with Gasteiger partial charge in [0.15, 0.2) is 0 Å². The number of carbonyl (C=O) groups is 1. The van der Waals surface area contributed by atoms with E-state index in [2.05, 4.69) is 17.1 Å². The molecule has 0 saturated carbocycles. The fraction of sp³-hybridized carbons (Fsp3) is 0.333. The lowest BCUT2D eigenvalue weighted by atomic mass is 9.94. The minimum absolute atomic E-state index is 0.00134. The van der Waals surface area contributed by atoms with Crippen LogP contribution in [-0.2, 0) is 17.8 Å². The van der Waals surface area contributed by atoms with Gasteiger partial charge in [-0.3, -0.25) is 9.79 Å². The minimum Gasteiger partial charge on any atom is -0.392 e. The molecule has 114 valence electrons. The average Bonchev–Trinajstić information content (AvgIpc) is 2.66. The molecule has 1 aromatic carbocycles. The Kier molecular flexibility index (Phi) is 4.20. The topological polar surface area (TPSA) is 52.9 Å². The zero-order valence-corrected chi connectivity index (χ0v) is 12.7. The molecule has 3 rings (SSSR count). The zero-order chi connectivity index (χ0) is 15.5. The number of allylic oxidation sites excluding steroid dienone is 1. The lowest BCUT2D eigenvalue weighted by Crippen LogP contribution is -2.44. The van der Waals surface area contributed by atoms with E-state index in [9.17, 15) is 9.90 Å². The van der Waals surface area contributed by atoms with Gasteiger partial charge in [-0.15, -0.1) is 0 Å². The van der Waals surface area contributed by atoms with Crippen molar-refractivity contribution in [2.75, 3.05) is 6.61 Å². The first-order chi connectivity index (χ1) is 10.7. The highest BCUT2D eigenvalue weighted by atomic mass is 16.2. The van der Waals surface area contributed by atoms with Gasteiger partial charge in [-0.2, -0.15) is 0 Å². The molecule has 4 heteroatoms. The summed E-state index contributed by atoms with van der Waals surface area (Å²) in [4.78, 5) is 19.3. The molecule has 0 unspecified atom stereocenters. The number of hydrogen-bond acceptors (Lipinski definition) is 3. The first kappa shape index (κ1) is 14.7. The van der Waals surface area contributed by atoms with E-state index in [0.29, 0.717) is 17.8 Å². The van der Waals surface area contributed by atoms with E-state index in [0.717, 1.165) is 12.8 Å². The highest BCUT2D eigenvalue weighted by molar-refractivity contribution is 6.01. The van der Waals surface area contributed by atoms with Crippen molar-refractivity contribution in [1.82, 2.24) is 4.90 Å². The normalized spacial score (nSPS) is 24.4. The Labute approximate surface area is 130 Å². The summed E-state index contributed by atoms with van der Waals surface area (Å²) < 4.78 is 0. The largest absolute Gasteiger partial charge is 0.392 e. The Bertz CT molecular complexity index is 673. The molecule has 1 aromatic rings. The van der Waals surface area contributed by atoms with E-state index in [1.54, 1.807) is 6.08 Å². The van der Waals surface area contributed by atoms with Gasteiger partial charge < -0.3 is 10.0 Å². The molecule has 0 aliphatic carbocycles. The predicted octanol–water partition coefficient (Wildman–Crippen LogP) is 2.24. The summed E-state index contributed by atoms with van der Waals surface area (Å²) >= 11 is 0. The number of benzene rings is 1. The van der Waals surface area contributed by atoms with Crippen molar-refractivity contribution in [3.63, 3.8) is 0 Å². The van der Waals surface area contributed by atoms with Crippen LogP contribution in [0.25, 0.3) is 0 Å². The standard InChI is InChI=1S/C18H20N2O2/c1-2-5-16-17(8-9-21)19-11-15-10-13-6-3-4-7-14(13)12-20(15)18(16)22/h3-8,11,15,21H,2,9-10,12H2,1H3/b16-5+,17-8+/t15-/m0/s1. The van der Waals surface area contributed by atoms with Gasteiger partial charge in [0.25, 0.3) is 5.91 Å². The molecule has 0 saturated heterocycles. The molecule has 2 aliphatic heterocycles. The molecule has 2 aliphatic rings. The Morgan fingerprint density at radius 3 is 2.82 bits per heavy atom. The second-order valence-corrected chi connectivity index (χ2v) is 5.55. The van der Waals surface area contributed by atoms with Gasteiger partial charge in [0, 0.05) is 12.8 Å². The summed E-state index contributed by atoms with van der Waals surface area (Å²) in [5.74, 6) is -0.00134. The minimum atomic E-state index is -0.119. The van der Waals surface area contributed by atoms with Gasteiger partial charge in [-0.25, -0.2) is 0 Å². The molecule has 0 aromatic heterocycles. The summed E-state index contributed by atoms with van der Waals surface area (Å²) in [6.45, 7) is 2.49. The second kappa shape index (κ2) is 6.28. The molecule has 4 nitrogen and oxygen atoms in total. The molecule has 0 radical (unpaired) electrons. The summed E-state index contributed by atoms with van der Waals surface area (Å²) in [6, 6.07) is 8.21. The molecule has 1 atom stereocenters. The van der Waals surface area contributed by atoms with Gasteiger partial charge in [0.2, 0.25) is 0 Å². The van der Waals surface area contributed by atoms with E-state index < -0.39 is 0 Å². The molecule has 2 heterocycles. The van der Waals surface area contributed by atoms with E-state index in [4.69, 9.17) is 0 Å². The number of carbonyl (C=O) groups excluding carboxylic acids is 1. The quantitative estimate of drug-likeness (QED) is 0.851. The molecule has 0 bridgehead atoms. The number of rotatable bonds is 2. The van der Waals surface area contributed by atoms with Crippen LogP contribution >= 0.6 is 0 Å². The van der Waals surface area contributed by atoms with Crippen LogP contribution < -0.4 is 0 Å². The van der Waals surface area contributed by atoms with Crippen LogP contribution in [0.4, 0.5) is 0 Å². The van der Waals surface area contributed by atoms with Crippen LogP contribution in [0.2, 0.25) is 0 Å². The summed E-state index contributed by atoms with van der Waals surface area (Å²) in [5, 5.41) is 9.18. The van der Waals surface area contributed by atoms with Crippen LogP contribution in [0.3, 0.4) is 0 Å². The maximum absolute atomic E-state index is 12.9. The number of nitrogens with zero attached hydrogens (tertiary/aromatic N) is 2. The van der Waals surface area contributed by atoms with Gasteiger partial charge in [-0.05, 0) is 30.0 Å². The Morgan fingerprint density at radius 2 is 2.09 bits per heavy atom. The van der Waals surface area contributed by atoms with Crippen molar-refractivity contribution in [2.24, 2.45) is 4.99 Å². The fourth-order valence-corrected chi connectivity index (χ4v) is 3.05. The average molecular weight is 296 g/mol. The highest BCUT2D eigenvalue weighted by Crippen LogP contribution is 2.28. The van der Waals surface area contributed by atoms with Crippen molar-refractivity contribution in [3.05, 3.63) is 58.8 Å². The summed E-state index contributed by atoms with van der Waals surface area (Å²) in [7, 11) is 0. The van der Waals surface area contributed by atoms with Gasteiger partial charge in [0.05, 0.1) is 23.9 Å². The maximum Gasteiger partial charge on any atom is 0.256 e. The van der Waals surface area contributed by atoms with Crippen molar-refractivity contribution in [1.29, 1.82) is 0 Å². The van der Waals surface area contributed by atoms with Gasteiger partial charge in [-0.1, -0.05) is 37.3 Å². The lowest BCUT2D eigenvalue weighted by Gasteiger charge is -2.34. The van der Waals surface area contributed by atoms with Crippen molar-refractivity contribution < 1.29 is 9.90 Å². The molecular weight excluding hydrogens is 276 g/mol. The van der Waals surface area contributed by atoms with Crippen LogP contribution in [0.15, 0.2) is 52.7 Å². The number of aliphatic hydroxyl groups is 1. The third-order valence-corrected chi connectivity index (χ3v) is 4.13.